The third-order valence-electron chi connectivity index (χ3n) is 8.12. The van der Waals surface area contributed by atoms with Crippen molar-refractivity contribution in [3.63, 3.8) is 0 Å². The van der Waals surface area contributed by atoms with E-state index in [1.54, 1.807) is 13.8 Å². The number of nitrogens with two attached hydrogens (primary N) is 2. The number of nitrogens with zero attached hydrogens (tertiary/aromatic N) is 2. The van der Waals surface area contributed by atoms with Crippen molar-refractivity contribution in [3.05, 3.63) is 96.1 Å². The average molecular weight is 653 g/mol. The topological polar surface area (TPSA) is 156 Å². The molecule has 46 heavy (non-hydrogen) atoms. The molecule has 0 aliphatic carbocycles. The van der Waals surface area contributed by atoms with Gasteiger partial charge in [0.2, 0.25) is 15.9 Å². The van der Waals surface area contributed by atoms with Gasteiger partial charge in [0, 0.05) is 29.7 Å². The van der Waals surface area contributed by atoms with E-state index in [4.69, 9.17) is 16.2 Å². The van der Waals surface area contributed by atoms with Gasteiger partial charge in [-0.05, 0) is 74.4 Å². The Hall–Kier alpha value is -3.77. The molecule has 0 radical (unpaired) electrons. The van der Waals surface area contributed by atoms with E-state index in [2.05, 4.69) is 0 Å². The highest BCUT2D eigenvalue weighted by Gasteiger charge is 2.42. The number of anilines is 1. The van der Waals surface area contributed by atoms with Crippen molar-refractivity contribution in [2.45, 2.75) is 75.4 Å². The summed E-state index contributed by atoms with van der Waals surface area (Å²) in [4.78, 5) is 28.5. The summed E-state index contributed by atoms with van der Waals surface area (Å²) in [5.41, 5.74) is 13.5. The summed E-state index contributed by atoms with van der Waals surface area (Å²) in [6.07, 6.45) is 0.139. The number of benzene rings is 3. The first-order valence-corrected chi connectivity index (χ1v) is 16.9. The van der Waals surface area contributed by atoms with E-state index in [-0.39, 0.29) is 23.8 Å². The number of hydrogen-bond donors (Lipinski definition) is 3. The Morgan fingerprint density at radius 2 is 1.43 bits per heavy atom. The van der Waals surface area contributed by atoms with Gasteiger partial charge >= 0.3 is 6.09 Å². The van der Waals surface area contributed by atoms with Gasteiger partial charge in [-0.2, -0.15) is 4.31 Å². The normalized spacial score (nSPS) is 13.5. The maximum absolute atomic E-state index is 14.1. The second-order valence-corrected chi connectivity index (χ2v) is 14.4. The van der Waals surface area contributed by atoms with Gasteiger partial charge in [-0.1, -0.05) is 74.5 Å². The average Bonchev–Trinajstić information content (AvgIpc) is 3.03. The first-order valence-electron chi connectivity index (χ1n) is 15.5. The monoisotopic (exact) mass is 652 g/mol. The summed E-state index contributed by atoms with van der Waals surface area (Å²) in [6, 6.07) is 23.0. The molecule has 0 bridgehead atoms. The van der Waals surface area contributed by atoms with Crippen molar-refractivity contribution in [3.8, 4) is 0 Å². The van der Waals surface area contributed by atoms with Crippen molar-refractivity contribution in [1.82, 2.24) is 9.21 Å². The number of imide groups is 1. The van der Waals surface area contributed by atoms with Gasteiger partial charge in [0.05, 0.1) is 24.7 Å². The van der Waals surface area contributed by atoms with Crippen LogP contribution in [0.4, 0.5) is 10.5 Å². The smallest absolute Gasteiger partial charge is 0.416 e. The number of ether oxygens (including phenoxy) is 1. The Labute approximate surface area is 273 Å². The van der Waals surface area contributed by atoms with Crippen LogP contribution in [0, 0.1) is 5.92 Å². The van der Waals surface area contributed by atoms with Crippen LogP contribution in [0.15, 0.2) is 89.8 Å². The SMILES string of the molecule is COC(=O)N(C(=O)[C@@H](N)C(c1ccccc1)c1ccccc1)C(C)(C)CCC[C@@H](CO)N(CC(C)C)S(=O)(=O)c1ccc(N)cc1. The van der Waals surface area contributed by atoms with Crippen LogP contribution in [0.5, 0.6) is 0 Å². The molecule has 250 valence electrons. The molecule has 0 saturated heterocycles. The predicted octanol–water partition coefficient (Wildman–Crippen LogP) is 4.98. The van der Waals surface area contributed by atoms with Crippen molar-refractivity contribution < 1.29 is 27.9 Å². The number of amides is 2. The third kappa shape index (κ3) is 8.94. The molecule has 3 aromatic rings. The molecule has 3 rings (SSSR count). The zero-order valence-corrected chi connectivity index (χ0v) is 28.2. The lowest BCUT2D eigenvalue weighted by atomic mass is 9.84. The maximum Gasteiger partial charge on any atom is 0.416 e. The fourth-order valence-corrected chi connectivity index (χ4v) is 7.54. The summed E-state index contributed by atoms with van der Waals surface area (Å²) in [5, 5.41) is 10.4. The number of sulfonamides is 1. The Morgan fingerprint density at radius 1 is 0.913 bits per heavy atom. The van der Waals surface area contributed by atoms with E-state index in [0.29, 0.717) is 18.5 Å². The molecule has 0 spiro atoms. The number of rotatable bonds is 15. The molecule has 0 fully saturated rings. The van der Waals surface area contributed by atoms with E-state index < -0.39 is 52.2 Å². The second kappa shape index (κ2) is 16.2. The van der Waals surface area contributed by atoms with Gasteiger partial charge in [-0.3, -0.25) is 4.79 Å². The van der Waals surface area contributed by atoms with Gasteiger partial charge in [-0.15, -0.1) is 0 Å². The number of nitrogen functional groups attached to an aromatic ring is 1. The van der Waals surface area contributed by atoms with Crippen LogP contribution >= 0.6 is 0 Å². The van der Waals surface area contributed by atoms with Gasteiger partial charge in [0.15, 0.2) is 0 Å². The van der Waals surface area contributed by atoms with Gasteiger partial charge in [0.25, 0.3) is 0 Å². The first kappa shape index (κ1) is 36.7. The number of methoxy groups -OCH3 is 1. The zero-order chi connectivity index (χ0) is 34.1. The summed E-state index contributed by atoms with van der Waals surface area (Å²) in [7, 11) is -2.74. The molecule has 0 aromatic heterocycles. The van der Waals surface area contributed by atoms with Crippen LogP contribution in [0.25, 0.3) is 0 Å². The van der Waals surface area contributed by atoms with Crippen molar-refractivity contribution in [1.29, 1.82) is 0 Å². The molecule has 0 saturated carbocycles. The molecule has 0 aliphatic rings. The van der Waals surface area contributed by atoms with E-state index in [1.807, 2.05) is 74.5 Å². The van der Waals surface area contributed by atoms with Crippen molar-refractivity contribution in [2.75, 3.05) is 26.0 Å². The molecule has 0 unspecified atom stereocenters. The molecule has 2 atom stereocenters. The van der Waals surface area contributed by atoms with E-state index in [1.165, 1.54) is 35.7 Å². The molecular formula is C35H48N4O6S. The number of carbonyl (C=O) groups excluding carboxylic acids is 2. The largest absolute Gasteiger partial charge is 0.452 e. The Kier molecular flexibility index (Phi) is 12.9. The highest BCUT2D eigenvalue weighted by atomic mass is 32.2. The second-order valence-electron chi connectivity index (χ2n) is 12.5. The van der Waals surface area contributed by atoms with Crippen molar-refractivity contribution >= 4 is 27.7 Å². The summed E-state index contributed by atoms with van der Waals surface area (Å²) in [5.74, 6) is -1.13. The molecule has 0 heterocycles. The van der Waals surface area contributed by atoms with E-state index >= 15 is 0 Å². The number of aliphatic hydroxyl groups is 1. The van der Waals surface area contributed by atoms with Crippen LogP contribution in [0.1, 0.15) is 64.0 Å². The number of carbonyl (C=O) groups is 2. The lowest BCUT2D eigenvalue weighted by molar-refractivity contribution is -0.135. The quantitative estimate of drug-likeness (QED) is 0.194. The summed E-state index contributed by atoms with van der Waals surface area (Å²) in [6.45, 7) is 7.11. The van der Waals surface area contributed by atoms with E-state index in [9.17, 15) is 23.1 Å². The van der Waals surface area contributed by atoms with Crippen LogP contribution in [0.2, 0.25) is 0 Å². The maximum atomic E-state index is 14.1. The number of hydrogen-bond acceptors (Lipinski definition) is 8. The molecule has 10 nitrogen and oxygen atoms in total. The van der Waals surface area contributed by atoms with E-state index in [0.717, 1.165) is 16.0 Å². The fourth-order valence-electron chi connectivity index (χ4n) is 5.73. The van der Waals surface area contributed by atoms with Crippen LogP contribution in [-0.4, -0.2) is 72.6 Å². The Morgan fingerprint density at radius 3 is 1.89 bits per heavy atom. The minimum Gasteiger partial charge on any atom is -0.452 e. The van der Waals surface area contributed by atoms with Gasteiger partial charge in [-0.25, -0.2) is 18.1 Å². The molecule has 5 N–H and O–H groups in total. The number of aliphatic hydroxyl groups excluding tert-OH is 1. The standard InChI is InChI=1S/C35H48N4O6S/c1-25(2)23-38(46(43,44)30-20-18-28(36)19-21-30)29(24-40)17-12-22-35(3,4)39(34(42)45-5)33(41)32(37)31(26-13-8-6-9-14-26)27-15-10-7-11-16-27/h6-11,13-16,18-21,25,29,31-32,40H,12,17,22-24,36-37H2,1-5H3/t29-,32-/m0/s1. The lowest BCUT2D eigenvalue weighted by Gasteiger charge is -2.39. The first-order chi connectivity index (χ1) is 21.7. The Balaban J connectivity index is 1.86. The molecule has 0 aliphatic heterocycles. The van der Waals surface area contributed by atoms with Crippen LogP contribution in [-0.2, 0) is 19.6 Å². The highest BCUT2D eigenvalue weighted by molar-refractivity contribution is 7.89. The minimum atomic E-state index is -3.95. The molecule has 2 amide bonds. The molecule has 3 aromatic carbocycles. The van der Waals surface area contributed by atoms with Gasteiger partial charge < -0.3 is 21.3 Å². The van der Waals surface area contributed by atoms with Crippen LogP contribution in [0.3, 0.4) is 0 Å². The summed E-state index contributed by atoms with van der Waals surface area (Å²) >= 11 is 0. The highest BCUT2D eigenvalue weighted by Crippen LogP contribution is 2.32. The van der Waals surface area contributed by atoms with Crippen molar-refractivity contribution in [2.24, 2.45) is 11.7 Å². The molecule has 11 heteroatoms. The third-order valence-corrected chi connectivity index (χ3v) is 10.1. The zero-order valence-electron chi connectivity index (χ0n) is 27.4. The Bertz CT molecular complexity index is 1480. The minimum absolute atomic E-state index is 0.00912. The van der Waals surface area contributed by atoms with Crippen LogP contribution < -0.4 is 11.5 Å². The van der Waals surface area contributed by atoms with Gasteiger partial charge in [0.1, 0.15) is 0 Å². The molecular weight excluding hydrogens is 604 g/mol. The summed E-state index contributed by atoms with van der Waals surface area (Å²) < 4.78 is 33.8. The predicted molar refractivity (Wildman–Crippen MR) is 180 cm³/mol. The fraction of sp³-hybridized carbons (Fsp3) is 0.429. The lowest BCUT2D eigenvalue weighted by Crippen LogP contribution is -2.57.